The maximum Gasteiger partial charge on any atom is 0.262 e. The molecule has 0 aliphatic heterocycles. The zero-order chi connectivity index (χ0) is 14.4. The highest BCUT2D eigenvalue weighted by molar-refractivity contribution is 6.01. The quantitative estimate of drug-likeness (QED) is 0.668. The Morgan fingerprint density at radius 1 is 1.53 bits per heavy atom. The molecule has 0 aliphatic rings. The van der Waals surface area contributed by atoms with Gasteiger partial charge in [-0.3, -0.25) is 4.79 Å². The molecule has 0 fully saturated rings. The van der Waals surface area contributed by atoms with E-state index in [1.807, 2.05) is 0 Å². The summed E-state index contributed by atoms with van der Waals surface area (Å²) < 4.78 is 18.3. The Morgan fingerprint density at radius 3 is 2.68 bits per heavy atom. The lowest BCUT2D eigenvalue weighted by molar-refractivity contribution is -0.117. The molecule has 1 N–H and O–H groups in total. The van der Waals surface area contributed by atoms with E-state index >= 15 is 0 Å². The number of rotatable bonds is 4. The van der Waals surface area contributed by atoms with Crippen LogP contribution in [0, 0.1) is 17.1 Å². The number of nitrogens with zero attached hydrogens (tertiary/aromatic N) is 1. The van der Waals surface area contributed by atoms with Gasteiger partial charge in [-0.15, -0.1) is 0 Å². The number of amides is 1. The van der Waals surface area contributed by atoms with E-state index in [4.69, 9.17) is 10.00 Å². The second-order valence-corrected chi connectivity index (χ2v) is 4.19. The molecule has 0 heterocycles. The summed E-state index contributed by atoms with van der Waals surface area (Å²) in [6.07, 6.45) is 1.33. The van der Waals surface area contributed by atoms with Crippen molar-refractivity contribution in [2.24, 2.45) is 0 Å². The van der Waals surface area contributed by atoms with Crippen LogP contribution in [-0.4, -0.2) is 19.1 Å². The van der Waals surface area contributed by atoms with Crippen molar-refractivity contribution < 1.29 is 13.9 Å². The Bertz CT molecular complexity index is 545. The van der Waals surface area contributed by atoms with Gasteiger partial charge in [0.1, 0.15) is 11.6 Å². The standard InChI is InChI=1S/C14H15FN2O2/c1-9(2)17-14(18)11(8-16)6-10-4-5-13(19-3)12(15)7-10/h4-7,9H,1-3H3,(H,17,18)/b11-6+. The molecule has 4 nitrogen and oxygen atoms in total. The molecule has 0 saturated carbocycles. The van der Waals surface area contributed by atoms with Crippen molar-refractivity contribution >= 4 is 12.0 Å². The Labute approximate surface area is 111 Å². The molecule has 100 valence electrons. The summed E-state index contributed by atoms with van der Waals surface area (Å²) in [5, 5.41) is 11.5. The summed E-state index contributed by atoms with van der Waals surface area (Å²) in [4.78, 5) is 11.7. The van der Waals surface area contributed by atoms with Gasteiger partial charge >= 0.3 is 0 Å². The average molecular weight is 262 g/mol. The first-order valence-corrected chi connectivity index (χ1v) is 5.74. The topological polar surface area (TPSA) is 62.1 Å². The van der Waals surface area contributed by atoms with Crippen LogP contribution in [0.2, 0.25) is 0 Å². The molecule has 0 spiro atoms. The molecule has 0 saturated heterocycles. The maximum absolute atomic E-state index is 13.5. The van der Waals surface area contributed by atoms with Gasteiger partial charge in [-0.1, -0.05) is 6.07 Å². The normalized spacial score (nSPS) is 11.1. The highest BCUT2D eigenvalue weighted by atomic mass is 19.1. The molecule has 1 amide bonds. The van der Waals surface area contributed by atoms with Crippen LogP contribution in [0.25, 0.3) is 6.08 Å². The van der Waals surface area contributed by atoms with Gasteiger partial charge in [-0.25, -0.2) is 4.39 Å². The van der Waals surface area contributed by atoms with Crippen LogP contribution in [0.4, 0.5) is 4.39 Å². The van der Waals surface area contributed by atoms with Gasteiger partial charge in [-0.05, 0) is 37.6 Å². The Morgan fingerprint density at radius 2 is 2.21 bits per heavy atom. The van der Waals surface area contributed by atoms with Crippen LogP contribution in [0.5, 0.6) is 5.75 Å². The van der Waals surface area contributed by atoms with Gasteiger partial charge in [0.05, 0.1) is 7.11 Å². The summed E-state index contributed by atoms with van der Waals surface area (Å²) in [6.45, 7) is 3.58. The van der Waals surface area contributed by atoms with Gasteiger partial charge in [0.2, 0.25) is 0 Å². The molecule has 1 rings (SSSR count). The van der Waals surface area contributed by atoms with E-state index in [1.165, 1.54) is 25.3 Å². The number of halogens is 1. The van der Waals surface area contributed by atoms with E-state index in [1.54, 1.807) is 26.0 Å². The third kappa shape index (κ3) is 4.11. The molecule has 0 atom stereocenters. The van der Waals surface area contributed by atoms with Crippen molar-refractivity contribution in [3.63, 3.8) is 0 Å². The van der Waals surface area contributed by atoms with E-state index in [-0.39, 0.29) is 17.4 Å². The van der Waals surface area contributed by atoms with Crippen molar-refractivity contribution in [2.45, 2.75) is 19.9 Å². The van der Waals surface area contributed by atoms with Crippen molar-refractivity contribution in [3.8, 4) is 11.8 Å². The predicted octanol–water partition coefficient (Wildman–Crippen LogP) is 2.27. The molecular formula is C14H15FN2O2. The van der Waals surface area contributed by atoms with Crippen molar-refractivity contribution in [1.29, 1.82) is 5.26 Å². The minimum atomic E-state index is -0.544. The van der Waals surface area contributed by atoms with Crippen LogP contribution in [-0.2, 0) is 4.79 Å². The van der Waals surface area contributed by atoms with Crippen LogP contribution in [0.15, 0.2) is 23.8 Å². The highest BCUT2D eigenvalue weighted by Gasteiger charge is 2.10. The lowest BCUT2D eigenvalue weighted by atomic mass is 10.1. The van der Waals surface area contributed by atoms with Crippen LogP contribution >= 0.6 is 0 Å². The van der Waals surface area contributed by atoms with Gasteiger partial charge < -0.3 is 10.1 Å². The number of methoxy groups -OCH3 is 1. The molecule has 1 aromatic carbocycles. The molecule has 19 heavy (non-hydrogen) atoms. The zero-order valence-corrected chi connectivity index (χ0v) is 11.0. The van der Waals surface area contributed by atoms with Gasteiger partial charge in [0.25, 0.3) is 5.91 Å². The first-order valence-electron chi connectivity index (χ1n) is 5.74. The molecule has 1 aromatic rings. The van der Waals surface area contributed by atoms with E-state index in [2.05, 4.69) is 5.32 Å². The van der Waals surface area contributed by atoms with Gasteiger partial charge in [-0.2, -0.15) is 5.26 Å². The molecule has 0 radical (unpaired) electrons. The second-order valence-electron chi connectivity index (χ2n) is 4.19. The smallest absolute Gasteiger partial charge is 0.262 e. The average Bonchev–Trinajstić information content (AvgIpc) is 2.35. The number of nitrogens with one attached hydrogen (secondary N) is 1. The maximum atomic E-state index is 13.5. The predicted molar refractivity (Wildman–Crippen MR) is 69.8 cm³/mol. The minimum absolute atomic E-state index is 0.0710. The number of carbonyl (C=O) groups is 1. The largest absolute Gasteiger partial charge is 0.494 e. The van der Waals surface area contributed by atoms with Crippen molar-refractivity contribution in [1.82, 2.24) is 5.32 Å². The van der Waals surface area contributed by atoms with Gasteiger partial charge in [0.15, 0.2) is 11.6 Å². The Kier molecular flexibility index (Phi) is 5.07. The third-order valence-corrected chi connectivity index (χ3v) is 2.27. The number of nitriles is 1. The number of carbonyl (C=O) groups excluding carboxylic acids is 1. The first kappa shape index (κ1) is 14.7. The summed E-state index contributed by atoms with van der Waals surface area (Å²) in [6, 6.07) is 5.95. The fourth-order valence-corrected chi connectivity index (χ4v) is 1.43. The van der Waals surface area contributed by atoms with Gasteiger partial charge in [0, 0.05) is 6.04 Å². The molecule has 0 aliphatic carbocycles. The monoisotopic (exact) mass is 262 g/mol. The molecular weight excluding hydrogens is 247 g/mol. The molecule has 0 bridgehead atoms. The highest BCUT2D eigenvalue weighted by Crippen LogP contribution is 2.19. The fourth-order valence-electron chi connectivity index (χ4n) is 1.43. The van der Waals surface area contributed by atoms with E-state index in [0.29, 0.717) is 5.56 Å². The number of hydrogen-bond donors (Lipinski definition) is 1. The fraction of sp³-hybridized carbons (Fsp3) is 0.286. The minimum Gasteiger partial charge on any atom is -0.494 e. The summed E-state index contributed by atoms with van der Waals surface area (Å²) in [5.41, 5.74) is 0.354. The van der Waals surface area contributed by atoms with Crippen molar-refractivity contribution in [2.75, 3.05) is 7.11 Å². The zero-order valence-electron chi connectivity index (χ0n) is 11.0. The lowest BCUT2D eigenvalue weighted by Crippen LogP contribution is -2.30. The SMILES string of the molecule is COc1ccc(/C=C(\C#N)C(=O)NC(C)C)cc1F. The van der Waals surface area contributed by atoms with Crippen LogP contribution in [0.1, 0.15) is 19.4 Å². The Hall–Kier alpha value is -2.35. The van der Waals surface area contributed by atoms with Crippen molar-refractivity contribution in [3.05, 3.63) is 35.2 Å². The first-order chi connectivity index (χ1) is 8.97. The van der Waals surface area contributed by atoms with E-state index < -0.39 is 11.7 Å². The number of hydrogen-bond acceptors (Lipinski definition) is 3. The lowest BCUT2D eigenvalue weighted by Gasteiger charge is -2.07. The molecule has 5 heteroatoms. The van der Waals surface area contributed by atoms with Crippen LogP contribution in [0.3, 0.4) is 0 Å². The van der Waals surface area contributed by atoms with Crippen LogP contribution < -0.4 is 10.1 Å². The summed E-state index contributed by atoms with van der Waals surface area (Å²) >= 11 is 0. The molecule has 0 aromatic heterocycles. The summed E-state index contributed by atoms with van der Waals surface area (Å²) in [7, 11) is 1.37. The third-order valence-electron chi connectivity index (χ3n) is 2.27. The van der Waals surface area contributed by atoms with E-state index in [0.717, 1.165) is 0 Å². The molecule has 0 unspecified atom stereocenters. The number of ether oxygens (including phenoxy) is 1. The Balaban J connectivity index is 3.02. The summed E-state index contributed by atoms with van der Waals surface area (Å²) in [5.74, 6) is -0.908. The van der Waals surface area contributed by atoms with E-state index in [9.17, 15) is 9.18 Å². The number of benzene rings is 1. The second kappa shape index (κ2) is 6.55.